The van der Waals surface area contributed by atoms with E-state index >= 15 is 0 Å². The van der Waals surface area contributed by atoms with Crippen molar-refractivity contribution in [2.24, 2.45) is 11.8 Å². The molecule has 4 nitrogen and oxygen atoms in total. The molecule has 0 spiro atoms. The summed E-state index contributed by atoms with van der Waals surface area (Å²) in [5, 5.41) is 3.49. The van der Waals surface area contributed by atoms with Gasteiger partial charge in [0.25, 0.3) is 0 Å². The number of hydrogen-bond acceptors (Lipinski definition) is 4. The van der Waals surface area contributed by atoms with E-state index in [-0.39, 0.29) is 6.10 Å². The second kappa shape index (κ2) is 5.36. The zero-order valence-electron chi connectivity index (χ0n) is 12.6. The van der Waals surface area contributed by atoms with Crippen molar-refractivity contribution >= 4 is 0 Å². The van der Waals surface area contributed by atoms with Crippen LogP contribution in [0.4, 0.5) is 0 Å². The number of nitrogens with zero attached hydrogens (tertiary/aromatic N) is 1. The Morgan fingerprint density at radius 1 is 1.19 bits per heavy atom. The lowest BCUT2D eigenvalue weighted by molar-refractivity contribution is -0.163. The zero-order valence-corrected chi connectivity index (χ0v) is 12.6. The third-order valence-corrected chi connectivity index (χ3v) is 5.16. The van der Waals surface area contributed by atoms with E-state index in [9.17, 15) is 0 Å². The summed E-state index contributed by atoms with van der Waals surface area (Å²) in [5.41, 5.74) is 1.11. The lowest BCUT2D eigenvalue weighted by Gasteiger charge is -2.25. The average Bonchev–Trinajstić information content (AvgIpc) is 3.16. The van der Waals surface area contributed by atoms with Crippen LogP contribution in [0.2, 0.25) is 0 Å². The summed E-state index contributed by atoms with van der Waals surface area (Å²) in [7, 11) is 0. The van der Waals surface area contributed by atoms with Crippen LogP contribution in [-0.2, 0) is 15.3 Å². The smallest absolute Gasteiger partial charge is 0.192 e. The predicted molar refractivity (Wildman–Crippen MR) is 80.9 cm³/mol. The minimum absolute atomic E-state index is 0.182. The van der Waals surface area contributed by atoms with Crippen LogP contribution in [0.5, 0.6) is 0 Å². The number of rotatable bonds is 3. The van der Waals surface area contributed by atoms with Crippen molar-refractivity contribution in [3.63, 3.8) is 0 Å². The van der Waals surface area contributed by atoms with Crippen LogP contribution in [0.1, 0.15) is 12.5 Å². The molecule has 3 aliphatic rings. The fourth-order valence-corrected chi connectivity index (χ4v) is 4.01. The topological polar surface area (TPSA) is 33.7 Å². The van der Waals surface area contributed by atoms with Gasteiger partial charge in [-0.05, 0) is 31.8 Å². The summed E-state index contributed by atoms with van der Waals surface area (Å²) in [5.74, 6) is 1.10. The van der Waals surface area contributed by atoms with Gasteiger partial charge in [-0.2, -0.15) is 0 Å². The lowest BCUT2D eigenvalue weighted by atomic mass is 10.0. The number of fused-ring (bicyclic) bond motifs is 1. The van der Waals surface area contributed by atoms with Gasteiger partial charge in [-0.1, -0.05) is 30.3 Å². The molecule has 21 heavy (non-hydrogen) atoms. The van der Waals surface area contributed by atoms with Crippen LogP contribution in [0.15, 0.2) is 30.3 Å². The molecule has 4 heteroatoms. The molecule has 0 aromatic heterocycles. The summed E-state index contributed by atoms with van der Waals surface area (Å²) in [6.07, 6.45) is 0.182. The van der Waals surface area contributed by atoms with Gasteiger partial charge in [0, 0.05) is 25.2 Å². The molecule has 1 aromatic rings. The molecule has 4 rings (SSSR count). The van der Waals surface area contributed by atoms with Gasteiger partial charge in [0.1, 0.15) is 0 Å². The molecule has 1 aromatic carbocycles. The number of nitrogens with one attached hydrogen (secondary N) is 1. The molecule has 0 amide bonds. The standard InChI is InChI=1S/C17H24N2O2/c1-17(15-5-3-2-4-6-15)20-12-16(21-17)11-19-9-13-7-18-8-14(13)10-19/h2-6,13-14,16,18H,7-12H2,1H3/t13-,14+,16?,17?. The van der Waals surface area contributed by atoms with E-state index in [4.69, 9.17) is 9.47 Å². The van der Waals surface area contributed by atoms with Crippen molar-refractivity contribution in [1.82, 2.24) is 10.2 Å². The van der Waals surface area contributed by atoms with Gasteiger partial charge in [-0.15, -0.1) is 0 Å². The Hall–Kier alpha value is -0.940. The quantitative estimate of drug-likeness (QED) is 0.912. The molecule has 1 N–H and O–H groups in total. The molecule has 0 saturated carbocycles. The van der Waals surface area contributed by atoms with Crippen molar-refractivity contribution in [2.75, 3.05) is 39.3 Å². The first-order valence-corrected chi connectivity index (χ1v) is 8.03. The fraction of sp³-hybridized carbons (Fsp3) is 0.647. The highest BCUT2D eigenvalue weighted by Crippen LogP contribution is 2.35. The minimum Gasteiger partial charge on any atom is -0.343 e. The van der Waals surface area contributed by atoms with Crippen LogP contribution in [0.25, 0.3) is 0 Å². The summed E-state index contributed by atoms with van der Waals surface area (Å²) in [6.45, 7) is 8.50. The van der Waals surface area contributed by atoms with Crippen LogP contribution in [-0.4, -0.2) is 50.3 Å². The Morgan fingerprint density at radius 3 is 2.62 bits per heavy atom. The zero-order chi connectivity index (χ0) is 14.3. The second-order valence-corrected chi connectivity index (χ2v) is 6.76. The third-order valence-electron chi connectivity index (χ3n) is 5.16. The lowest BCUT2D eigenvalue weighted by Crippen LogP contribution is -2.35. The van der Waals surface area contributed by atoms with Crippen LogP contribution < -0.4 is 5.32 Å². The third kappa shape index (κ3) is 2.61. The van der Waals surface area contributed by atoms with E-state index in [1.54, 1.807) is 0 Å². The van der Waals surface area contributed by atoms with Crippen molar-refractivity contribution < 1.29 is 9.47 Å². The number of benzene rings is 1. The first-order valence-electron chi connectivity index (χ1n) is 8.03. The van der Waals surface area contributed by atoms with Crippen molar-refractivity contribution in [1.29, 1.82) is 0 Å². The Labute approximate surface area is 126 Å². The normalized spacial score (nSPS) is 39.8. The van der Waals surface area contributed by atoms with Crippen LogP contribution in [0, 0.1) is 11.8 Å². The largest absolute Gasteiger partial charge is 0.343 e. The Bertz CT molecular complexity index is 483. The summed E-state index contributed by atoms with van der Waals surface area (Å²) >= 11 is 0. The molecule has 3 heterocycles. The average molecular weight is 288 g/mol. The first kappa shape index (κ1) is 13.7. The molecule has 2 unspecified atom stereocenters. The van der Waals surface area contributed by atoms with Crippen LogP contribution in [0.3, 0.4) is 0 Å². The Morgan fingerprint density at radius 2 is 1.90 bits per heavy atom. The van der Waals surface area contributed by atoms with Gasteiger partial charge in [0.05, 0.1) is 12.7 Å². The maximum Gasteiger partial charge on any atom is 0.192 e. The summed E-state index contributed by atoms with van der Waals surface area (Å²) < 4.78 is 12.2. The summed E-state index contributed by atoms with van der Waals surface area (Å²) in [4.78, 5) is 2.56. The second-order valence-electron chi connectivity index (χ2n) is 6.76. The van der Waals surface area contributed by atoms with E-state index in [2.05, 4.69) is 22.3 Å². The molecular formula is C17H24N2O2. The van der Waals surface area contributed by atoms with Gasteiger partial charge in [-0.25, -0.2) is 0 Å². The summed E-state index contributed by atoms with van der Waals surface area (Å²) in [6, 6.07) is 10.3. The predicted octanol–water partition coefficient (Wildman–Crippen LogP) is 1.43. The minimum atomic E-state index is -0.580. The molecule has 114 valence electrons. The van der Waals surface area contributed by atoms with Crippen molar-refractivity contribution in [3.05, 3.63) is 35.9 Å². The maximum atomic E-state index is 6.24. The first-order chi connectivity index (χ1) is 10.2. The van der Waals surface area contributed by atoms with Gasteiger partial charge >= 0.3 is 0 Å². The van der Waals surface area contributed by atoms with Crippen LogP contribution >= 0.6 is 0 Å². The van der Waals surface area contributed by atoms with E-state index in [0.717, 1.165) is 23.9 Å². The van der Waals surface area contributed by atoms with Gasteiger partial charge < -0.3 is 14.8 Å². The van der Waals surface area contributed by atoms with Gasteiger partial charge in [-0.3, -0.25) is 4.90 Å². The van der Waals surface area contributed by atoms with E-state index in [1.807, 2.05) is 25.1 Å². The molecule has 0 aliphatic carbocycles. The Kier molecular flexibility index (Phi) is 3.50. The Balaban J connectivity index is 1.36. The van der Waals surface area contributed by atoms with E-state index < -0.39 is 5.79 Å². The molecule has 3 aliphatic heterocycles. The molecule has 4 atom stereocenters. The van der Waals surface area contributed by atoms with Gasteiger partial charge in [0.15, 0.2) is 5.79 Å². The van der Waals surface area contributed by atoms with E-state index in [0.29, 0.717) is 6.61 Å². The van der Waals surface area contributed by atoms with Crippen molar-refractivity contribution in [2.45, 2.75) is 18.8 Å². The molecule has 3 fully saturated rings. The maximum absolute atomic E-state index is 6.24. The molecular weight excluding hydrogens is 264 g/mol. The van der Waals surface area contributed by atoms with E-state index in [1.165, 1.54) is 26.2 Å². The molecule has 3 saturated heterocycles. The van der Waals surface area contributed by atoms with Crippen molar-refractivity contribution in [3.8, 4) is 0 Å². The fourth-order valence-electron chi connectivity index (χ4n) is 4.01. The van der Waals surface area contributed by atoms with Gasteiger partial charge in [0.2, 0.25) is 0 Å². The highest BCUT2D eigenvalue weighted by molar-refractivity contribution is 5.20. The molecule has 0 bridgehead atoms. The highest BCUT2D eigenvalue weighted by atomic mass is 16.7. The number of likely N-dealkylation sites (tertiary alicyclic amines) is 1. The number of ether oxygens (including phenoxy) is 2. The molecule has 0 radical (unpaired) electrons. The SMILES string of the molecule is CC1(c2ccccc2)OCC(CN2C[C@H]3CNC[C@H]3C2)O1. The number of hydrogen-bond donors (Lipinski definition) is 1. The highest BCUT2D eigenvalue weighted by Gasteiger charge is 2.42. The monoisotopic (exact) mass is 288 g/mol.